The zero-order chi connectivity index (χ0) is 20.5. The SMILES string of the molecule is Nc1nc(N[C@@H]2CCCc3ccccc32)nc2cccc(Cc3ccc(Cl)cc3)c12. The molecule has 0 bridgehead atoms. The Morgan fingerprint density at radius 1 is 0.967 bits per heavy atom. The molecule has 1 heterocycles. The van der Waals surface area contributed by atoms with Crippen molar-refractivity contribution >= 4 is 34.3 Å². The third-order valence-electron chi connectivity index (χ3n) is 5.82. The third-order valence-corrected chi connectivity index (χ3v) is 6.07. The second-order valence-electron chi connectivity index (χ2n) is 7.83. The minimum Gasteiger partial charge on any atom is -0.383 e. The Balaban J connectivity index is 1.47. The summed E-state index contributed by atoms with van der Waals surface area (Å²) in [6.07, 6.45) is 4.10. The molecule has 0 amide bonds. The molecular weight excluding hydrogens is 392 g/mol. The van der Waals surface area contributed by atoms with E-state index in [0.29, 0.717) is 11.8 Å². The number of nitrogens with two attached hydrogens (primary N) is 1. The molecule has 0 aliphatic heterocycles. The lowest BCUT2D eigenvalue weighted by Gasteiger charge is -2.26. The second-order valence-corrected chi connectivity index (χ2v) is 8.27. The average molecular weight is 415 g/mol. The molecule has 3 aromatic carbocycles. The molecule has 1 aliphatic carbocycles. The number of hydrogen-bond donors (Lipinski definition) is 2. The van der Waals surface area contributed by atoms with Crippen LogP contribution in [-0.2, 0) is 12.8 Å². The molecule has 1 aliphatic rings. The summed E-state index contributed by atoms with van der Waals surface area (Å²) in [7, 11) is 0. The topological polar surface area (TPSA) is 63.8 Å². The van der Waals surface area contributed by atoms with Gasteiger partial charge in [0.05, 0.1) is 11.6 Å². The van der Waals surface area contributed by atoms with Crippen LogP contribution in [-0.4, -0.2) is 9.97 Å². The first-order valence-corrected chi connectivity index (χ1v) is 10.7. The van der Waals surface area contributed by atoms with Crippen LogP contribution in [0.25, 0.3) is 10.9 Å². The molecule has 4 nitrogen and oxygen atoms in total. The van der Waals surface area contributed by atoms with Crippen molar-refractivity contribution in [3.05, 3.63) is 94.0 Å². The van der Waals surface area contributed by atoms with Gasteiger partial charge in [-0.05, 0) is 66.1 Å². The van der Waals surface area contributed by atoms with Crippen molar-refractivity contribution in [1.82, 2.24) is 9.97 Å². The maximum atomic E-state index is 6.42. The van der Waals surface area contributed by atoms with Crippen molar-refractivity contribution in [3.63, 3.8) is 0 Å². The highest BCUT2D eigenvalue weighted by Gasteiger charge is 2.21. The van der Waals surface area contributed by atoms with Gasteiger partial charge in [-0.15, -0.1) is 0 Å². The molecule has 0 saturated carbocycles. The Bertz CT molecular complexity index is 1200. The molecule has 5 heteroatoms. The van der Waals surface area contributed by atoms with Crippen LogP contribution in [0.15, 0.2) is 66.7 Å². The van der Waals surface area contributed by atoms with Crippen LogP contribution in [0, 0.1) is 0 Å². The normalized spacial score (nSPS) is 15.7. The van der Waals surface area contributed by atoms with Crippen molar-refractivity contribution in [2.45, 2.75) is 31.7 Å². The first-order valence-electron chi connectivity index (χ1n) is 10.3. The summed E-state index contributed by atoms with van der Waals surface area (Å²) in [5.74, 6) is 1.10. The minimum absolute atomic E-state index is 0.212. The van der Waals surface area contributed by atoms with Crippen molar-refractivity contribution in [2.24, 2.45) is 0 Å². The highest BCUT2D eigenvalue weighted by molar-refractivity contribution is 6.30. The van der Waals surface area contributed by atoms with Gasteiger partial charge in [-0.3, -0.25) is 0 Å². The standard InChI is InChI=1S/C25H23ClN4/c26-19-13-11-16(12-14-19)15-18-7-4-10-22-23(18)24(27)30-25(29-22)28-21-9-3-6-17-5-1-2-8-20(17)21/h1-2,4-5,7-8,10-14,21H,3,6,9,15H2,(H3,27,28,29,30)/t21-/m1/s1. The number of nitrogens with zero attached hydrogens (tertiary/aromatic N) is 2. The predicted octanol–water partition coefficient (Wildman–Crippen LogP) is 5.95. The Hall–Kier alpha value is -3.11. The molecule has 3 N–H and O–H groups in total. The highest BCUT2D eigenvalue weighted by atomic mass is 35.5. The van der Waals surface area contributed by atoms with Gasteiger partial charge < -0.3 is 11.1 Å². The summed E-state index contributed by atoms with van der Waals surface area (Å²) in [5, 5.41) is 5.18. The van der Waals surface area contributed by atoms with E-state index in [1.54, 1.807) is 0 Å². The lowest BCUT2D eigenvalue weighted by atomic mass is 9.88. The van der Waals surface area contributed by atoms with Crippen LogP contribution in [0.1, 0.15) is 41.1 Å². The average Bonchev–Trinajstić information content (AvgIpc) is 2.75. The van der Waals surface area contributed by atoms with E-state index in [0.717, 1.165) is 47.2 Å². The van der Waals surface area contributed by atoms with Crippen molar-refractivity contribution in [3.8, 4) is 0 Å². The van der Waals surface area contributed by atoms with Gasteiger partial charge in [0.1, 0.15) is 5.82 Å². The Kier molecular flexibility index (Phi) is 5.01. The van der Waals surface area contributed by atoms with E-state index in [2.05, 4.69) is 40.6 Å². The third kappa shape index (κ3) is 3.71. The molecule has 0 fully saturated rings. The van der Waals surface area contributed by atoms with Crippen LogP contribution < -0.4 is 11.1 Å². The van der Waals surface area contributed by atoms with Gasteiger partial charge in [0, 0.05) is 10.4 Å². The van der Waals surface area contributed by atoms with E-state index >= 15 is 0 Å². The molecule has 150 valence electrons. The number of halogens is 1. The maximum Gasteiger partial charge on any atom is 0.225 e. The van der Waals surface area contributed by atoms with E-state index in [-0.39, 0.29) is 6.04 Å². The fourth-order valence-corrected chi connectivity index (χ4v) is 4.50. The number of benzene rings is 3. The molecule has 4 aromatic rings. The number of nitrogen functional groups attached to an aromatic ring is 1. The van der Waals surface area contributed by atoms with E-state index in [9.17, 15) is 0 Å². The maximum absolute atomic E-state index is 6.42. The molecule has 1 atom stereocenters. The fraction of sp³-hybridized carbons (Fsp3) is 0.200. The van der Waals surface area contributed by atoms with Gasteiger partial charge in [0.2, 0.25) is 5.95 Å². The van der Waals surface area contributed by atoms with E-state index in [4.69, 9.17) is 22.3 Å². The van der Waals surface area contributed by atoms with Crippen LogP contribution in [0.2, 0.25) is 5.02 Å². The molecular formula is C25H23ClN4. The largest absolute Gasteiger partial charge is 0.383 e. The number of nitrogens with one attached hydrogen (secondary N) is 1. The van der Waals surface area contributed by atoms with E-state index < -0.39 is 0 Å². The van der Waals surface area contributed by atoms with Crippen LogP contribution in [0.5, 0.6) is 0 Å². The van der Waals surface area contributed by atoms with E-state index in [1.165, 1.54) is 16.7 Å². The Morgan fingerprint density at radius 2 is 1.80 bits per heavy atom. The smallest absolute Gasteiger partial charge is 0.225 e. The van der Waals surface area contributed by atoms with Gasteiger partial charge in [-0.2, -0.15) is 4.98 Å². The van der Waals surface area contributed by atoms with Gasteiger partial charge in [0.25, 0.3) is 0 Å². The molecule has 0 radical (unpaired) electrons. The zero-order valence-corrected chi connectivity index (χ0v) is 17.4. The summed E-state index contributed by atoms with van der Waals surface area (Å²) < 4.78 is 0. The van der Waals surface area contributed by atoms with Crippen LogP contribution in [0.4, 0.5) is 11.8 Å². The van der Waals surface area contributed by atoms with Crippen molar-refractivity contribution < 1.29 is 0 Å². The number of rotatable bonds is 4. The van der Waals surface area contributed by atoms with Gasteiger partial charge >= 0.3 is 0 Å². The van der Waals surface area contributed by atoms with Gasteiger partial charge in [0.15, 0.2) is 0 Å². The zero-order valence-electron chi connectivity index (χ0n) is 16.6. The van der Waals surface area contributed by atoms with Gasteiger partial charge in [-0.1, -0.05) is 60.1 Å². The first kappa shape index (κ1) is 18.9. The summed E-state index contributed by atoms with van der Waals surface area (Å²) in [6, 6.07) is 22.8. The van der Waals surface area contributed by atoms with Gasteiger partial charge in [-0.25, -0.2) is 4.98 Å². The quantitative estimate of drug-likeness (QED) is 0.433. The second kappa shape index (κ2) is 7.96. The Morgan fingerprint density at radius 3 is 2.67 bits per heavy atom. The molecule has 5 rings (SSSR count). The first-order chi connectivity index (χ1) is 14.7. The lowest BCUT2D eigenvalue weighted by molar-refractivity contribution is 0.597. The number of aromatic nitrogens is 2. The van der Waals surface area contributed by atoms with Crippen LogP contribution in [0.3, 0.4) is 0 Å². The van der Waals surface area contributed by atoms with E-state index in [1.807, 2.05) is 36.4 Å². The van der Waals surface area contributed by atoms with Crippen molar-refractivity contribution in [1.29, 1.82) is 0 Å². The predicted molar refractivity (Wildman–Crippen MR) is 124 cm³/mol. The number of hydrogen-bond acceptors (Lipinski definition) is 4. The number of fused-ring (bicyclic) bond motifs is 2. The lowest BCUT2D eigenvalue weighted by Crippen LogP contribution is -2.19. The fourth-order valence-electron chi connectivity index (χ4n) is 4.38. The van der Waals surface area contributed by atoms with Crippen molar-refractivity contribution in [2.75, 3.05) is 11.1 Å². The number of aryl methyl sites for hydroxylation is 1. The summed E-state index contributed by atoms with van der Waals surface area (Å²) >= 11 is 6.02. The molecule has 0 spiro atoms. The number of anilines is 2. The Labute approximate surface area is 181 Å². The minimum atomic E-state index is 0.212. The monoisotopic (exact) mass is 414 g/mol. The summed E-state index contributed by atoms with van der Waals surface area (Å²) in [4.78, 5) is 9.42. The molecule has 0 saturated heterocycles. The molecule has 0 unspecified atom stereocenters. The molecule has 30 heavy (non-hydrogen) atoms. The molecule has 1 aromatic heterocycles. The van der Waals surface area contributed by atoms with Crippen LogP contribution >= 0.6 is 11.6 Å². The highest BCUT2D eigenvalue weighted by Crippen LogP contribution is 2.33. The summed E-state index contributed by atoms with van der Waals surface area (Å²) in [6.45, 7) is 0. The summed E-state index contributed by atoms with van der Waals surface area (Å²) in [5.41, 5.74) is 12.3.